The number of carboxylic acids is 1. The zero-order chi connectivity index (χ0) is 14.4. The first-order chi connectivity index (χ1) is 9.67. The van der Waals surface area contributed by atoms with Crippen LogP contribution in [0.1, 0.15) is 44.9 Å². The molecule has 0 spiro atoms. The Bertz CT molecular complexity index is 305. The van der Waals surface area contributed by atoms with Crippen molar-refractivity contribution in [3.05, 3.63) is 0 Å². The second-order valence-corrected chi connectivity index (χ2v) is 6.40. The zero-order valence-corrected chi connectivity index (χ0v) is 12.3. The number of carboxylic acid groups (broad SMARTS) is 1. The number of aliphatic hydroxyl groups excluding tert-OH is 1. The second-order valence-electron chi connectivity index (χ2n) is 6.40. The summed E-state index contributed by atoms with van der Waals surface area (Å²) < 4.78 is 0. The lowest BCUT2D eigenvalue weighted by atomic mass is 9.90. The highest BCUT2D eigenvalue weighted by Crippen LogP contribution is 2.24. The standard InChI is InChI=1S/C15H28N2O3/c18-7-3-4-12-8-14(16-13-5-1-2-6-13)10-17(9-12)11-15(19)20/h12-14,16,18H,1-11H2,(H,19,20). The molecule has 2 fully saturated rings. The van der Waals surface area contributed by atoms with Gasteiger partial charge < -0.3 is 15.5 Å². The van der Waals surface area contributed by atoms with Crippen molar-refractivity contribution in [2.45, 2.75) is 57.0 Å². The number of nitrogens with one attached hydrogen (secondary N) is 1. The van der Waals surface area contributed by atoms with Gasteiger partial charge >= 0.3 is 5.97 Å². The van der Waals surface area contributed by atoms with Crippen LogP contribution in [0.15, 0.2) is 0 Å². The van der Waals surface area contributed by atoms with Gasteiger partial charge in [0, 0.05) is 31.8 Å². The zero-order valence-electron chi connectivity index (χ0n) is 12.3. The average molecular weight is 284 g/mol. The van der Waals surface area contributed by atoms with Gasteiger partial charge in [-0.1, -0.05) is 12.8 Å². The number of nitrogens with zero attached hydrogens (tertiary/aromatic N) is 1. The van der Waals surface area contributed by atoms with Crippen LogP contribution in [0, 0.1) is 5.92 Å². The highest BCUT2D eigenvalue weighted by molar-refractivity contribution is 5.69. The summed E-state index contributed by atoms with van der Waals surface area (Å²) in [5.41, 5.74) is 0. The Hall–Kier alpha value is -0.650. The third-order valence-electron chi connectivity index (χ3n) is 4.57. The number of aliphatic carboxylic acids is 1. The Balaban J connectivity index is 1.86. The fourth-order valence-electron chi connectivity index (χ4n) is 3.76. The van der Waals surface area contributed by atoms with Gasteiger partial charge in [0.2, 0.25) is 0 Å². The van der Waals surface area contributed by atoms with E-state index in [-0.39, 0.29) is 13.2 Å². The first kappa shape index (κ1) is 15.7. The Morgan fingerprint density at radius 2 is 1.95 bits per heavy atom. The highest BCUT2D eigenvalue weighted by Gasteiger charge is 2.29. The van der Waals surface area contributed by atoms with E-state index in [0.717, 1.165) is 32.4 Å². The Labute approximate surface area is 121 Å². The maximum atomic E-state index is 10.9. The van der Waals surface area contributed by atoms with Crippen LogP contribution in [0.4, 0.5) is 0 Å². The molecule has 0 bridgehead atoms. The third-order valence-corrected chi connectivity index (χ3v) is 4.57. The summed E-state index contributed by atoms with van der Waals surface area (Å²) in [6, 6.07) is 1.04. The van der Waals surface area contributed by atoms with Crippen molar-refractivity contribution in [2.24, 2.45) is 5.92 Å². The normalized spacial score (nSPS) is 28.9. The molecule has 2 atom stereocenters. The van der Waals surface area contributed by atoms with Crippen LogP contribution in [0.3, 0.4) is 0 Å². The minimum atomic E-state index is -0.743. The Kier molecular flexibility index (Phi) is 6.26. The van der Waals surface area contributed by atoms with Gasteiger partial charge in [0.1, 0.15) is 0 Å². The smallest absolute Gasteiger partial charge is 0.317 e. The van der Waals surface area contributed by atoms with Crippen molar-refractivity contribution in [1.29, 1.82) is 0 Å². The first-order valence-corrected chi connectivity index (χ1v) is 7.98. The van der Waals surface area contributed by atoms with Crippen molar-refractivity contribution in [3.63, 3.8) is 0 Å². The maximum absolute atomic E-state index is 10.9. The molecule has 20 heavy (non-hydrogen) atoms. The molecule has 1 saturated heterocycles. The molecule has 1 aliphatic heterocycles. The van der Waals surface area contributed by atoms with E-state index in [0.29, 0.717) is 18.0 Å². The Morgan fingerprint density at radius 3 is 2.60 bits per heavy atom. The molecular weight excluding hydrogens is 256 g/mol. The van der Waals surface area contributed by atoms with E-state index < -0.39 is 5.97 Å². The maximum Gasteiger partial charge on any atom is 0.317 e. The van der Waals surface area contributed by atoms with Crippen molar-refractivity contribution >= 4 is 5.97 Å². The minimum absolute atomic E-state index is 0.137. The molecule has 0 aromatic rings. The lowest BCUT2D eigenvalue weighted by Gasteiger charge is -2.38. The second kappa shape index (κ2) is 7.96. The van der Waals surface area contributed by atoms with Gasteiger partial charge in [0.15, 0.2) is 0 Å². The van der Waals surface area contributed by atoms with E-state index in [1.165, 1.54) is 25.7 Å². The molecule has 116 valence electrons. The molecule has 0 aromatic carbocycles. The number of likely N-dealkylation sites (tertiary alicyclic amines) is 1. The lowest BCUT2D eigenvalue weighted by molar-refractivity contribution is -0.138. The fraction of sp³-hybridized carbons (Fsp3) is 0.933. The monoisotopic (exact) mass is 284 g/mol. The van der Waals surface area contributed by atoms with Gasteiger partial charge in [0.25, 0.3) is 0 Å². The van der Waals surface area contributed by atoms with E-state index in [4.69, 9.17) is 10.2 Å². The number of hydrogen-bond donors (Lipinski definition) is 3. The van der Waals surface area contributed by atoms with Gasteiger partial charge in [-0.25, -0.2) is 0 Å². The van der Waals surface area contributed by atoms with Gasteiger partial charge in [-0.15, -0.1) is 0 Å². The van der Waals surface area contributed by atoms with Crippen LogP contribution >= 0.6 is 0 Å². The van der Waals surface area contributed by atoms with Gasteiger partial charge in [-0.3, -0.25) is 9.69 Å². The molecule has 5 nitrogen and oxygen atoms in total. The molecule has 2 aliphatic rings. The van der Waals surface area contributed by atoms with Crippen molar-refractivity contribution < 1.29 is 15.0 Å². The van der Waals surface area contributed by atoms with E-state index in [1.54, 1.807) is 0 Å². The van der Waals surface area contributed by atoms with Gasteiger partial charge in [-0.05, 0) is 38.0 Å². The summed E-state index contributed by atoms with van der Waals surface area (Å²) in [5.74, 6) is -0.235. The molecular formula is C15H28N2O3. The molecule has 1 heterocycles. The Morgan fingerprint density at radius 1 is 1.20 bits per heavy atom. The summed E-state index contributed by atoms with van der Waals surface area (Å²) >= 11 is 0. The molecule has 5 heteroatoms. The van der Waals surface area contributed by atoms with Crippen LogP contribution in [-0.4, -0.2) is 59.4 Å². The first-order valence-electron chi connectivity index (χ1n) is 7.98. The number of hydrogen-bond acceptors (Lipinski definition) is 4. The summed E-state index contributed by atoms with van der Waals surface area (Å²) in [6.45, 7) is 2.07. The number of aliphatic hydroxyl groups is 1. The molecule has 0 radical (unpaired) electrons. The molecule has 1 saturated carbocycles. The summed E-state index contributed by atoms with van der Waals surface area (Å²) in [7, 11) is 0. The molecule has 2 unspecified atom stereocenters. The summed E-state index contributed by atoms with van der Waals surface area (Å²) in [5, 5.41) is 21.7. The van der Waals surface area contributed by atoms with Crippen molar-refractivity contribution in [2.75, 3.05) is 26.2 Å². The quantitative estimate of drug-likeness (QED) is 0.652. The predicted molar refractivity (Wildman–Crippen MR) is 77.7 cm³/mol. The molecule has 1 aliphatic carbocycles. The summed E-state index contributed by atoms with van der Waals surface area (Å²) in [4.78, 5) is 13.0. The van der Waals surface area contributed by atoms with Crippen LogP contribution < -0.4 is 5.32 Å². The van der Waals surface area contributed by atoms with Crippen LogP contribution in [0.5, 0.6) is 0 Å². The minimum Gasteiger partial charge on any atom is -0.480 e. The average Bonchev–Trinajstić information content (AvgIpc) is 2.88. The van der Waals surface area contributed by atoms with Crippen molar-refractivity contribution in [1.82, 2.24) is 10.2 Å². The number of rotatable bonds is 7. The van der Waals surface area contributed by atoms with Crippen LogP contribution in [-0.2, 0) is 4.79 Å². The van der Waals surface area contributed by atoms with E-state index in [9.17, 15) is 4.79 Å². The van der Waals surface area contributed by atoms with E-state index in [2.05, 4.69) is 10.2 Å². The third kappa shape index (κ3) is 5.04. The van der Waals surface area contributed by atoms with Crippen molar-refractivity contribution in [3.8, 4) is 0 Å². The van der Waals surface area contributed by atoms with Crippen LogP contribution in [0.2, 0.25) is 0 Å². The topological polar surface area (TPSA) is 72.8 Å². The van der Waals surface area contributed by atoms with E-state index in [1.807, 2.05) is 0 Å². The molecule has 3 N–H and O–H groups in total. The molecule has 0 amide bonds. The van der Waals surface area contributed by atoms with Gasteiger partial charge in [-0.2, -0.15) is 0 Å². The largest absolute Gasteiger partial charge is 0.480 e. The number of carbonyl (C=O) groups is 1. The summed E-state index contributed by atoms with van der Waals surface area (Å²) in [6.07, 6.45) is 8.09. The molecule has 2 rings (SSSR count). The lowest BCUT2D eigenvalue weighted by Crippen LogP contribution is -2.52. The SMILES string of the molecule is O=C(O)CN1CC(CCCO)CC(NC2CCCC2)C1. The number of piperidine rings is 1. The predicted octanol–water partition coefficient (Wildman–Crippen LogP) is 1.07. The fourth-order valence-corrected chi connectivity index (χ4v) is 3.76. The highest BCUT2D eigenvalue weighted by atomic mass is 16.4. The van der Waals surface area contributed by atoms with Crippen LogP contribution in [0.25, 0.3) is 0 Å². The molecule has 0 aromatic heterocycles. The van der Waals surface area contributed by atoms with Gasteiger partial charge in [0.05, 0.1) is 6.54 Å². The van der Waals surface area contributed by atoms with E-state index >= 15 is 0 Å².